The van der Waals surface area contributed by atoms with Gasteiger partial charge in [-0.25, -0.2) is 4.98 Å². The second-order valence-corrected chi connectivity index (χ2v) is 17.3. The number of benzene rings is 4. The highest BCUT2D eigenvalue weighted by Gasteiger charge is 2.25. The minimum atomic E-state index is -0.00111. The number of aromatic nitrogens is 5. The van der Waals surface area contributed by atoms with Crippen LogP contribution in [0.25, 0.3) is 50.0 Å². The van der Waals surface area contributed by atoms with Gasteiger partial charge in [0.15, 0.2) is 16.7 Å². The lowest BCUT2D eigenvalue weighted by Gasteiger charge is -2.25. The first-order valence-corrected chi connectivity index (χ1v) is 18.5. The summed E-state index contributed by atoms with van der Waals surface area (Å²) in [7, 11) is 0. The first kappa shape index (κ1) is 34.3. The van der Waals surface area contributed by atoms with Crippen molar-refractivity contribution in [3.05, 3.63) is 145 Å². The standard InChI is InChI=1S/C47H48N5O/c1-45(2,3)31-20-21-49-44(25-31)52-40-15-11-10-14-38(40)39-19-18-36(27-43(39)52)53-37-26-35(28-48-29-37)51-30-50(41-16-12-13-17-42(41)51)34-23-32(46(4,5)6)22-33(24-34)47(7,8)9/h10-30H,1-9H3/q+1. The summed E-state index contributed by atoms with van der Waals surface area (Å²) in [6, 6.07) is 36.7. The molecule has 6 heteroatoms. The van der Waals surface area contributed by atoms with E-state index < -0.39 is 0 Å². The largest absolute Gasteiger partial charge is 0.456 e. The van der Waals surface area contributed by atoms with Gasteiger partial charge in [0.05, 0.1) is 23.4 Å². The van der Waals surface area contributed by atoms with Gasteiger partial charge in [0.25, 0.3) is 6.33 Å². The van der Waals surface area contributed by atoms with Gasteiger partial charge >= 0.3 is 0 Å². The Morgan fingerprint density at radius 3 is 1.94 bits per heavy atom. The first-order chi connectivity index (χ1) is 25.1. The molecule has 4 aromatic carbocycles. The molecule has 4 aromatic heterocycles. The maximum atomic E-state index is 6.61. The monoisotopic (exact) mass is 698 g/mol. The van der Waals surface area contributed by atoms with Gasteiger partial charge in [-0.3, -0.25) is 9.55 Å². The Hall–Kier alpha value is -5.75. The fourth-order valence-electron chi connectivity index (χ4n) is 7.14. The lowest BCUT2D eigenvalue weighted by molar-refractivity contribution is -0.567. The van der Waals surface area contributed by atoms with Gasteiger partial charge in [-0.15, -0.1) is 0 Å². The van der Waals surface area contributed by atoms with Gasteiger partial charge in [0, 0.05) is 29.1 Å². The SMILES string of the molecule is CC(C)(C)c1cc(-[n+]2cn(-c3cncc(Oc4ccc5c6ccccc6n(-c6cc(C(C)(C)C)ccn6)c5c4)c3)c3ccccc32)cc(C(C)(C)C)c1. The predicted molar refractivity (Wildman–Crippen MR) is 217 cm³/mol. The Balaban J connectivity index is 1.21. The third kappa shape index (κ3) is 6.37. The van der Waals surface area contributed by atoms with E-state index in [1.54, 1.807) is 6.20 Å². The molecule has 4 heterocycles. The number of ether oxygens (including phenoxy) is 1. The van der Waals surface area contributed by atoms with E-state index in [4.69, 9.17) is 9.72 Å². The van der Waals surface area contributed by atoms with Crippen molar-refractivity contribution in [3.63, 3.8) is 0 Å². The molecule has 266 valence electrons. The summed E-state index contributed by atoms with van der Waals surface area (Å²) < 4.78 is 13.3. The first-order valence-electron chi connectivity index (χ1n) is 18.5. The number of nitrogens with zero attached hydrogens (tertiary/aromatic N) is 5. The van der Waals surface area contributed by atoms with Gasteiger partial charge < -0.3 is 4.74 Å². The van der Waals surface area contributed by atoms with Gasteiger partial charge in [-0.1, -0.05) is 98.7 Å². The second-order valence-electron chi connectivity index (χ2n) is 17.3. The number of imidazole rings is 1. The molecule has 0 fully saturated rings. The lowest BCUT2D eigenvalue weighted by atomic mass is 9.80. The molecule has 0 saturated carbocycles. The maximum absolute atomic E-state index is 6.61. The molecule has 0 aliphatic carbocycles. The summed E-state index contributed by atoms with van der Waals surface area (Å²) in [5, 5.41) is 2.33. The highest BCUT2D eigenvalue weighted by molar-refractivity contribution is 6.09. The summed E-state index contributed by atoms with van der Waals surface area (Å²) in [4.78, 5) is 9.51. The third-order valence-electron chi connectivity index (χ3n) is 10.3. The fraction of sp³-hybridized carbons (Fsp3) is 0.255. The van der Waals surface area contributed by atoms with Crippen LogP contribution in [-0.4, -0.2) is 19.1 Å². The van der Waals surface area contributed by atoms with Crippen LogP contribution >= 0.6 is 0 Å². The van der Waals surface area contributed by atoms with Crippen molar-refractivity contribution >= 4 is 32.8 Å². The molecule has 0 amide bonds. The van der Waals surface area contributed by atoms with Crippen molar-refractivity contribution < 1.29 is 9.30 Å². The highest BCUT2D eigenvalue weighted by atomic mass is 16.5. The van der Waals surface area contributed by atoms with Gasteiger partial charge in [0.2, 0.25) is 0 Å². The van der Waals surface area contributed by atoms with Crippen LogP contribution in [0.2, 0.25) is 0 Å². The fourth-order valence-corrected chi connectivity index (χ4v) is 7.14. The molecule has 0 unspecified atom stereocenters. The van der Waals surface area contributed by atoms with Crippen molar-refractivity contribution in [2.24, 2.45) is 0 Å². The third-order valence-corrected chi connectivity index (χ3v) is 10.3. The van der Waals surface area contributed by atoms with E-state index in [0.717, 1.165) is 50.4 Å². The number of pyridine rings is 2. The number of para-hydroxylation sites is 3. The van der Waals surface area contributed by atoms with Gasteiger partial charge in [-0.05, 0) is 87.5 Å². The summed E-state index contributed by atoms with van der Waals surface area (Å²) in [5.74, 6) is 2.28. The maximum Gasteiger partial charge on any atom is 0.255 e. The Labute approximate surface area is 312 Å². The van der Waals surface area contributed by atoms with Crippen molar-refractivity contribution in [1.82, 2.24) is 19.1 Å². The molecule has 0 atom stereocenters. The zero-order valence-electron chi connectivity index (χ0n) is 32.3. The molecule has 0 bridgehead atoms. The smallest absolute Gasteiger partial charge is 0.255 e. The van der Waals surface area contributed by atoms with E-state index in [0.29, 0.717) is 5.75 Å². The average molecular weight is 699 g/mol. The number of hydrogen-bond donors (Lipinski definition) is 0. The van der Waals surface area contributed by atoms with Gasteiger partial charge in [-0.2, -0.15) is 9.13 Å². The number of fused-ring (bicyclic) bond motifs is 4. The minimum absolute atomic E-state index is 0.00111. The molecule has 0 aliphatic rings. The van der Waals surface area contributed by atoms with Crippen LogP contribution in [0.1, 0.15) is 79.0 Å². The molecular formula is C47H48N5O+. The molecule has 0 saturated heterocycles. The van der Waals surface area contributed by atoms with Crippen LogP contribution < -0.4 is 9.30 Å². The quantitative estimate of drug-likeness (QED) is 0.168. The molecule has 0 radical (unpaired) electrons. The predicted octanol–water partition coefficient (Wildman–Crippen LogP) is 11.5. The van der Waals surface area contributed by atoms with Crippen LogP contribution in [0.15, 0.2) is 128 Å². The normalized spacial score (nSPS) is 12.6. The van der Waals surface area contributed by atoms with Crippen LogP contribution in [0, 0.1) is 0 Å². The molecule has 6 nitrogen and oxygen atoms in total. The molecule has 53 heavy (non-hydrogen) atoms. The van der Waals surface area contributed by atoms with Crippen LogP contribution in [0.5, 0.6) is 11.5 Å². The highest BCUT2D eigenvalue weighted by Crippen LogP contribution is 2.36. The Kier molecular flexibility index (Phi) is 8.06. The number of rotatable bonds is 5. The van der Waals surface area contributed by atoms with E-state index in [1.165, 1.54) is 22.1 Å². The van der Waals surface area contributed by atoms with Crippen molar-refractivity contribution in [1.29, 1.82) is 0 Å². The summed E-state index contributed by atoms with van der Waals surface area (Å²) in [5.41, 5.74) is 10.3. The number of hydrogen-bond acceptors (Lipinski definition) is 3. The summed E-state index contributed by atoms with van der Waals surface area (Å²) in [6.45, 7) is 20.4. The zero-order chi connectivity index (χ0) is 37.3. The molecular weight excluding hydrogens is 651 g/mol. The van der Waals surface area contributed by atoms with Crippen LogP contribution in [-0.2, 0) is 16.2 Å². The van der Waals surface area contributed by atoms with E-state index in [1.807, 2.05) is 18.5 Å². The topological polar surface area (TPSA) is 48.8 Å². The lowest BCUT2D eigenvalue weighted by Crippen LogP contribution is -2.31. The molecule has 0 spiro atoms. The minimum Gasteiger partial charge on any atom is -0.456 e. The van der Waals surface area contributed by atoms with E-state index >= 15 is 0 Å². The molecule has 8 rings (SSSR count). The molecule has 0 aliphatic heterocycles. The van der Waals surface area contributed by atoms with Crippen LogP contribution in [0.4, 0.5) is 0 Å². The van der Waals surface area contributed by atoms with Crippen molar-refractivity contribution in [2.75, 3.05) is 0 Å². The second kappa shape index (κ2) is 12.4. The summed E-state index contributed by atoms with van der Waals surface area (Å²) in [6.07, 6.45) is 7.75. The van der Waals surface area contributed by atoms with Crippen molar-refractivity contribution in [3.8, 4) is 28.7 Å². The molecule has 8 aromatic rings. The van der Waals surface area contributed by atoms with Crippen LogP contribution in [0.3, 0.4) is 0 Å². The molecule has 0 N–H and O–H groups in total. The Bertz CT molecular complexity index is 2630. The Morgan fingerprint density at radius 1 is 0.566 bits per heavy atom. The van der Waals surface area contributed by atoms with Crippen molar-refractivity contribution in [2.45, 2.75) is 78.6 Å². The summed E-state index contributed by atoms with van der Waals surface area (Å²) >= 11 is 0. The zero-order valence-corrected chi connectivity index (χ0v) is 32.3. The Morgan fingerprint density at radius 2 is 1.23 bits per heavy atom. The van der Waals surface area contributed by atoms with E-state index in [-0.39, 0.29) is 16.2 Å². The average Bonchev–Trinajstić information content (AvgIpc) is 3.67. The van der Waals surface area contributed by atoms with E-state index in [2.05, 4.69) is 184 Å². The van der Waals surface area contributed by atoms with Gasteiger partial charge in [0.1, 0.15) is 23.0 Å². The van der Waals surface area contributed by atoms with E-state index in [9.17, 15) is 0 Å².